The lowest BCUT2D eigenvalue weighted by Gasteiger charge is -2.23. The second-order valence-corrected chi connectivity index (χ2v) is 9.19. The highest BCUT2D eigenvalue weighted by Crippen LogP contribution is 2.15. The molecule has 0 aliphatic carbocycles. The number of thioether (sulfide) groups is 1. The Morgan fingerprint density at radius 2 is 1.47 bits per heavy atom. The van der Waals surface area contributed by atoms with E-state index < -0.39 is 23.9 Å². The third-order valence-corrected chi connectivity index (χ3v) is 6.46. The van der Waals surface area contributed by atoms with Gasteiger partial charge in [0.1, 0.15) is 6.04 Å². The number of carbonyl (C=O) groups excluding carboxylic acids is 2. The number of urea groups is 1. The molecule has 0 saturated carbocycles. The van der Waals surface area contributed by atoms with Gasteiger partial charge in [-0.05, 0) is 35.2 Å². The summed E-state index contributed by atoms with van der Waals surface area (Å²) >= 11 is 1.41. The molecule has 36 heavy (non-hydrogen) atoms. The van der Waals surface area contributed by atoms with Crippen molar-refractivity contribution in [2.24, 2.45) is 0 Å². The molecule has 3 rings (SSSR count). The molecule has 2 N–H and O–H groups in total. The number of benzene rings is 3. The second kappa shape index (κ2) is 13.9. The van der Waals surface area contributed by atoms with E-state index in [1.54, 1.807) is 12.1 Å². The second-order valence-electron chi connectivity index (χ2n) is 8.16. The number of nitrogens with zero attached hydrogens (tertiary/aromatic N) is 1. The Balaban J connectivity index is 1.62. The first-order valence-corrected chi connectivity index (χ1v) is 12.9. The van der Waals surface area contributed by atoms with Crippen LogP contribution in [0.1, 0.15) is 40.4 Å². The Morgan fingerprint density at radius 1 is 0.889 bits per heavy atom. The molecule has 186 valence electrons. The van der Waals surface area contributed by atoms with Crippen LogP contribution in [0.15, 0.2) is 84.9 Å². The molecule has 0 unspecified atom stereocenters. The van der Waals surface area contributed by atoms with Crippen molar-refractivity contribution in [3.05, 3.63) is 107 Å². The highest BCUT2D eigenvalue weighted by Gasteiger charge is 2.27. The third-order valence-electron chi connectivity index (χ3n) is 5.35. The highest BCUT2D eigenvalue weighted by atomic mass is 32.2. The fraction of sp³-hybridized carbons (Fsp3) is 0.207. The number of aliphatic carboxylic acids is 1. The first-order valence-electron chi connectivity index (χ1n) is 11.8. The maximum absolute atomic E-state index is 13.1. The van der Waals surface area contributed by atoms with Crippen molar-refractivity contribution >= 4 is 41.8 Å². The molecule has 0 spiro atoms. The zero-order valence-electron chi connectivity index (χ0n) is 20.2. The zero-order valence-corrected chi connectivity index (χ0v) is 21.0. The lowest BCUT2D eigenvalue weighted by molar-refractivity contribution is -0.138. The van der Waals surface area contributed by atoms with Gasteiger partial charge in [0.2, 0.25) is 0 Å². The van der Waals surface area contributed by atoms with Gasteiger partial charge in [-0.3, -0.25) is 9.69 Å². The molecule has 0 heterocycles. The Labute approximate surface area is 216 Å². The molecule has 0 aliphatic heterocycles. The van der Waals surface area contributed by atoms with Crippen LogP contribution in [0.5, 0.6) is 0 Å². The molecule has 3 aromatic rings. The van der Waals surface area contributed by atoms with Crippen molar-refractivity contribution < 1.29 is 19.5 Å². The van der Waals surface area contributed by atoms with Crippen molar-refractivity contribution in [1.82, 2.24) is 10.2 Å². The molecule has 0 radical (unpaired) electrons. The van der Waals surface area contributed by atoms with E-state index in [2.05, 4.69) is 5.32 Å². The largest absolute Gasteiger partial charge is 0.480 e. The van der Waals surface area contributed by atoms with E-state index in [0.29, 0.717) is 17.7 Å². The Morgan fingerprint density at radius 3 is 2.06 bits per heavy atom. The van der Waals surface area contributed by atoms with Crippen molar-refractivity contribution in [3.63, 3.8) is 0 Å². The topological polar surface area (TPSA) is 86.7 Å². The van der Waals surface area contributed by atoms with E-state index >= 15 is 0 Å². The number of rotatable bonds is 11. The Bertz CT molecular complexity index is 1160. The summed E-state index contributed by atoms with van der Waals surface area (Å²) in [5, 5.41) is 12.1. The fourth-order valence-electron chi connectivity index (χ4n) is 3.44. The van der Waals surface area contributed by atoms with Crippen LogP contribution < -0.4 is 5.32 Å². The number of imide groups is 1. The van der Waals surface area contributed by atoms with Crippen molar-refractivity contribution in [2.45, 2.75) is 25.1 Å². The van der Waals surface area contributed by atoms with Crippen LogP contribution >= 0.6 is 11.8 Å². The van der Waals surface area contributed by atoms with Gasteiger partial charge in [0, 0.05) is 23.6 Å². The average Bonchev–Trinajstić information content (AvgIpc) is 2.91. The predicted molar refractivity (Wildman–Crippen MR) is 146 cm³/mol. The van der Waals surface area contributed by atoms with Crippen LogP contribution in [0.2, 0.25) is 0 Å². The standard InChI is InChI=1S/C29H30N2O4S/c1-2-19-31(29(35)30-26(28(33)34)21-36-20-24-11-7-4-8-12-24)27(32)25-17-15-23(16-18-25)14-13-22-9-5-3-6-10-22/h3-18,26H,2,19-21H2,1H3,(H,30,35)(H,33,34)/b14-13+/t26-/m0/s1. The molecular weight excluding hydrogens is 472 g/mol. The summed E-state index contributed by atoms with van der Waals surface area (Å²) in [6.07, 6.45) is 4.48. The number of hydrogen-bond acceptors (Lipinski definition) is 4. The van der Waals surface area contributed by atoms with Crippen molar-refractivity contribution in [1.29, 1.82) is 0 Å². The summed E-state index contributed by atoms with van der Waals surface area (Å²) in [5.74, 6) is -0.785. The molecule has 3 aromatic carbocycles. The molecule has 0 aromatic heterocycles. The normalized spacial score (nSPS) is 11.7. The van der Waals surface area contributed by atoms with Gasteiger partial charge in [-0.25, -0.2) is 9.59 Å². The summed E-state index contributed by atoms with van der Waals surface area (Å²) in [5.41, 5.74) is 3.42. The van der Waals surface area contributed by atoms with Crippen LogP contribution in [-0.2, 0) is 10.5 Å². The number of carbonyl (C=O) groups is 3. The number of carboxylic acids is 1. The quantitative estimate of drug-likeness (QED) is 0.323. The van der Waals surface area contributed by atoms with Gasteiger partial charge in [-0.1, -0.05) is 91.9 Å². The summed E-state index contributed by atoms with van der Waals surface area (Å²) in [4.78, 5) is 38.9. The number of carboxylic acid groups (broad SMARTS) is 1. The van der Waals surface area contributed by atoms with Crippen LogP contribution in [0.3, 0.4) is 0 Å². The summed E-state index contributed by atoms with van der Waals surface area (Å²) in [7, 11) is 0. The Kier molecular flexibility index (Phi) is 10.3. The third kappa shape index (κ3) is 8.13. The van der Waals surface area contributed by atoms with Crippen LogP contribution in [0.25, 0.3) is 12.2 Å². The highest BCUT2D eigenvalue weighted by molar-refractivity contribution is 7.98. The average molecular weight is 503 g/mol. The van der Waals surface area contributed by atoms with E-state index in [-0.39, 0.29) is 12.3 Å². The lowest BCUT2D eigenvalue weighted by atomic mass is 10.1. The van der Waals surface area contributed by atoms with E-state index in [9.17, 15) is 19.5 Å². The van der Waals surface area contributed by atoms with Gasteiger partial charge in [-0.15, -0.1) is 0 Å². The molecule has 0 bridgehead atoms. The minimum absolute atomic E-state index is 0.184. The molecule has 0 fully saturated rings. The van der Waals surface area contributed by atoms with Gasteiger partial charge in [0.15, 0.2) is 0 Å². The minimum atomic E-state index is -1.14. The smallest absolute Gasteiger partial charge is 0.327 e. The van der Waals surface area contributed by atoms with Gasteiger partial charge >= 0.3 is 12.0 Å². The molecule has 6 nitrogen and oxygen atoms in total. The number of amides is 3. The van der Waals surface area contributed by atoms with Crippen molar-refractivity contribution in [2.75, 3.05) is 12.3 Å². The van der Waals surface area contributed by atoms with E-state index in [1.807, 2.05) is 91.9 Å². The Hall–Kier alpha value is -3.84. The molecule has 0 saturated heterocycles. The van der Waals surface area contributed by atoms with E-state index in [0.717, 1.165) is 21.6 Å². The molecule has 0 aliphatic rings. The SMILES string of the molecule is CCCN(C(=O)N[C@@H](CSCc1ccccc1)C(=O)O)C(=O)c1ccc(/C=C/c2ccccc2)cc1. The zero-order chi connectivity index (χ0) is 25.8. The fourth-order valence-corrected chi connectivity index (χ4v) is 4.45. The predicted octanol–water partition coefficient (Wildman–Crippen LogP) is 5.81. The minimum Gasteiger partial charge on any atom is -0.480 e. The van der Waals surface area contributed by atoms with Crippen molar-refractivity contribution in [3.8, 4) is 0 Å². The summed E-state index contributed by atoms with van der Waals surface area (Å²) < 4.78 is 0. The maximum atomic E-state index is 13.1. The van der Waals surface area contributed by atoms with Gasteiger partial charge in [0.25, 0.3) is 5.91 Å². The number of hydrogen-bond donors (Lipinski definition) is 2. The van der Waals surface area contributed by atoms with E-state index in [1.165, 1.54) is 11.8 Å². The first kappa shape index (κ1) is 26.8. The first-order chi connectivity index (χ1) is 17.5. The summed E-state index contributed by atoms with van der Waals surface area (Å²) in [6.45, 7) is 2.04. The van der Waals surface area contributed by atoms with Gasteiger partial charge in [-0.2, -0.15) is 11.8 Å². The van der Waals surface area contributed by atoms with Gasteiger partial charge < -0.3 is 10.4 Å². The lowest BCUT2D eigenvalue weighted by Crippen LogP contribution is -2.51. The monoisotopic (exact) mass is 502 g/mol. The molecule has 7 heteroatoms. The van der Waals surface area contributed by atoms with E-state index in [4.69, 9.17) is 0 Å². The van der Waals surface area contributed by atoms with Crippen LogP contribution in [-0.4, -0.2) is 46.3 Å². The van der Waals surface area contributed by atoms with Crippen LogP contribution in [0, 0.1) is 0 Å². The van der Waals surface area contributed by atoms with Gasteiger partial charge in [0.05, 0.1) is 0 Å². The number of nitrogens with one attached hydrogen (secondary N) is 1. The van der Waals surface area contributed by atoms with Crippen LogP contribution in [0.4, 0.5) is 4.79 Å². The molecule has 3 amide bonds. The molecule has 1 atom stereocenters. The summed E-state index contributed by atoms with van der Waals surface area (Å²) in [6, 6.07) is 24.7. The molecular formula is C29H30N2O4S. The maximum Gasteiger partial charge on any atom is 0.327 e.